The lowest BCUT2D eigenvalue weighted by atomic mass is 10.1. The molecule has 1 aliphatic rings. The van der Waals surface area contributed by atoms with Gasteiger partial charge in [-0.3, -0.25) is 4.79 Å². The van der Waals surface area contributed by atoms with Crippen LogP contribution in [0.25, 0.3) is 10.8 Å². The highest BCUT2D eigenvalue weighted by molar-refractivity contribution is 6.17. The summed E-state index contributed by atoms with van der Waals surface area (Å²) in [6, 6.07) is 14.1. The van der Waals surface area contributed by atoms with E-state index in [4.69, 9.17) is 11.6 Å². The lowest BCUT2D eigenvalue weighted by molar-refractivity contribution is 0.0787. The number of amides is 1. The van der Waals surface area contributed by atoms with Crippen molar-refractivity contribution in [2.24, 2.45) is 5.92 Å². The summed E-state index contributed by atoms with van der Waals surface area (Å²) in [5.74, 6) is 1.40. The van der Waals surface area contributed by atoms with Crippen molar-refractivity contribution >= 4 is 28.3 Å². The summed E-state index contributed by atoms with van der Waals surface area (Å²) in [6.45, 7) is 1.70. The van der Waals surface area contributed by atoms with Crippen LogP contribution in [0.1, 0.15) is 23.2 Å². The van der Waals surface area contributed by atoms with E-state index in [1.165, 1.54) is 5.39 Å². The first kappa shape index (κ1) is 13.4. The molecule has 1 unspecified atom stereocenters. The normalized spacial score (nSPS) is 18.6. The zero-order valence-electron chi connectivity index (χ0n) is 11.4. The lowest BCUT2D eigenvalue weighted by Gasteiger charge is -2.16. The van der Waals surface area contributed by atoms with Gasteiger partial charge in [0.2, 0.25) is 0 Å². The molecule has 2 nitrogen and oxygen atoms in total. The van der Waals surface area contributed by atoms with Gasteiger partial charge in [0, 0.05) is 24.5 Å². The predicted octanol–water partition coefficient (Wildman–Crippen LogP) is 3.93. The van der Waals surface area contributed by atoms with Crippen molar-refractivity contribution in [2.75, 3.05) is 19.0 Å². The molecule has 20 heavy (non-hydrogen) atoms. The molecule has 3 heteroatoms. The molecule has 1 heterocycles. The van der Waals surface area contributed by atoms with Crippen molar-refractivity contribution < 1.29 is 4.79 Å². The average Bonchev–Trinajstić information content (AvgIpc) is 2.95. The van der Waals surface area contributed by atoms with E-state index in [1.54, 1.807) is 0 Å². The minimum Gasteiger partial charge on any atom is -0.338 e. The van der Waals surface area contributed by atoms with E-state index in [-0.39, 0.29) is 5.91 Å². The molecule has 0 N–H and O–H groups in total. The fourth-order valence-electron chi connectivity index (χ4n) is 2.91. The number of carbonyl (C=O) groups excluding carboxylic acids is 1. The molecule has 0 spiro atoms. The van der Waals surface area contributed by atoms with E-state index in [0.29, 0.717) is 11.8 Å². The van der Waals surface area contributed by atoms with Crippen LogP contribution in [-0.2, 0) is 0 Å². The molecule has 104 valence electrons. The molecule has 0 bridgehead atoms. The topological polar surface area (TPSA) is 20.3 Å². The van der Waals surface area contributed by atoms with E-state index in [9.17, 15) is 4.79 Å². The van der Waals surface area contributed by atoms with Crippen LogP contribution < -0.4 is 0 Å². The third-order valence-electron chi connectivity index (χ3n) is 4.09. The second-order valence-corrected chi connectivity index (χ2v) is 5.82. The number of carbonyl (C=O) groups is 1. The van der Waals surface area contributed by atoms with E-state index in [1.807, 2.05) is 41.3 Å². The highest BCUT2D eigenvalue weighted by atomic mass is 35.5. The van der Waals surface area contributed by atoms with Gasteiger partial charge in [0.25, 0.3) is 5.91 Å². The van der Waals surface area contributed by atoms with Crippen molar-refractivity contribution in [3.63, 3.8) is 0 Å². The number of hydrogen-bond donors (Lipinski definition) is 0. The van der Waals surface area contributed by atoms with Crippen LogP contribution in [0.4, 0.5) is 0 Å². The number of halogens is 1. The van der Waals surface area contributed by atoms with Gasteiger partial charge < -0.3 is 4.90 Å². The van der Waals surface area contributed by atoms with E-state index >= 15 is 0 Å². The molecule has 0 saturated carbocycles. The summed E-state index contributed by atoms with van der Waals surface area (Å²) < 4.78 is 0. The Morgan fingerprint density at radius 3 is 2.80 bits per heavy atom. The summed E-state index contributed by atoms with van der Waals surface area (Å²) >= 11 is 5.79. The first-order valence-corrected chi connectivity index (χ1v) is 7.65. The zero-order chi connectivity index (χ0) is 13.9. The molecule has 1 fully saturated rings. The Kier molecular flexibility index (Phi) is 3.93. The third-order valence-corrected chi connectivity index (χ3v) is 4.31. The fourth-order valence-corrected chi connectivity index (χ4v) is 3.22. The highest BCUT2D eigenvalue weighted by Gasteiger charge is 2.26. The van der Waals surface area contributed by atoms with Crippen LogP contribution in [0.5, 0.6) is 0 Å². The maximum atomic E-state index is 12.5. The van der Waals surface area contributed by atoms with Gasteiger partial charge in [-0.2, -0.15) is 0 Å². The first-order chi connectivity index (χ1) is 9.78. The fraction of sp³-hybridized carbons (Fsp3) is 0.353. The molecule has 0 aliphatic carbocycles. The Morgan fingerprint density at radius 2 is 2.00 bits per heavy atom. The third kappa shape index (κ3) is 2.66. The minimum absolute atomic E-state index is 0.146. The summed E-state index contributed by atoms with van der Waals surface area (Å²) in [5, 5.41) is 2.29. The summed E-state index contributed by atoms with van der Waals surface area (Å²) in [6.07, 6.45) is 2.08. The number of fused-ring (bicyclic) bond motifs is 1. The molecular weight excluding hydrogens is 270 g/mol. The van der Waals surface area contributed by atoms with Gasteiger partial charge in [0.1, 0.15) is 0 Å². The highest BCUT2D eigenvalue weighted by Crippen LogP contribution is 2.23. The molecule has 1 amide bonds. The van der Waals surface area contributed by atoms with Crippen LogP contribution in [0.2, 0.25) is 0 Å². The van der Waals surface area contributed by atoms with Gasteiger partial charge in [-0.15, -0.1) is 11.6 Å². The number of rotatable bonds is 3. The van der Waals surface area contributed by atoms with E-state index in [2.05, 4.69) is 6.07 Å². The predicted molar refractivity (Wildman–Crippen MR) is 83.3 cm³/mol. The monoisotopic (exact) mass is 287 g/mol. The van der Waals surface area contributed by atoms with Crippen LogP contribution in [0, 0.1) is 5.92 Å². The molecule has 0 aromatic heterocycles. The Morgan fingerprint density at radius 1 is 1.20 bits per heavy atom. The average molecular weight is 288 g/mol. The molecule has 3 rings (SSSR count). The zero-order valence-corrected chi connectivity index (χ0v) is 12.1. The Bertz CT molecular complexity index is 625. The molecule has 1 atom stereocenters. The van der Waals surface area contributed by atoms with Crippen LogP contribution >= 0.6 is 11.6 Å². The summed E-state index contributed by atoms with van der Waals surface area (Å²) in [4.78, 5) is 14.5. The van der Waals surface area contributed by atoms with Gasteiger partial charge >= 0.3 is 0 Å². The van der Waals surface area contributed by atoms with Gasteiger partial charge in [0.05, 0.1) is 0 Å². The van der Waals surface area contributed by atoms with Crippen molar-refractivity contribution in [2.45, 2.75) is 12.8 Å². The van der Waals surface area contributed by atoms with E-state index < -0.39 is 0 Å². The Balaban J connectivity index is 1.79. The minimum atomic E-state index is 0.146. The number of benzene rings is 2. The number of alkyl halides is 1. The second kappa shape index (κ2) is 5.84. The summed E-state index contributed by atoms with van der Waals surface area (Å²) in [5.41, 5.74) is 0.787. The SMILES string of the molecule is O=C(c1ccc2ccccc2c1)N1CCC(CCCl)C1. The number of hydrogen-bond acceptors (Lipinski definition) is 1. The maximum Gasteiger partial charge on any atom is 0.253 e. The Labute approximate surface area is 124 Å². The van der Waals surface area contributed by atoms with Crippen LogP contribution in [0.15, 0.2) is 42.5 Å². The van der Waals surface area contributed by atoms with Crippen molar-refractivity contribution in [1.29, 1.82) is 0 Å². The standard InChI is InChI=1S/C17H18ClNO/c18-9-7-13-8-10-19(12-13)17(20)16-6-5-14-3-1-2-4-15(14)11-16/h1-6,11,13H,7-10,12H2. The quantitative estimate of drug-likeness (QED) is 0.783. The van der Waals surface area contributed by atoms with Gasteiger partial charge in [-0.1, -0.05) is 30.3 Å². The smallest absolute Gasteiger partial charge is 0.253 e. The van der Waals surface area contributed by atoms with Crippen molar-refractivity contribution in [1.82, 2.24) is 4.90 Å². The van der Waals surface area contributed by atoms with Gasteiger partial charge in [0.15, 0.2) is 0 Å². The van der Waals surface area contributed by atoms with Crippen LogP contribution in [-0.4, -0.2) is 29.8 Å². The van der Waals surface area contributed by atoms with Gasteiger partial charge in [-0.05, 0) is 41.7 Å². The first-order valence-electron chi connectivity index (χ1n) is 7.12. The molecule has 0 radical (unpaired) electrons. The maximum absolute atomic E-state index is 12.5. The largest absolute Gasteiger partial charge is 0.338 e. The van der Waals surface area contributed by atoms with Crippen molar-refractivity contribution in [3.05, 3.63) is 48.0 Å². The number of likely N-dealkylation sites (tertiary alicyclic amines) is 1. The molecule has 2 aromatic carbocycles. The Hall–Kier alpha value is -1.54. The van der Waals surface area contributed by atoms with Gasteiger partial charge in [-0.25, -0.2) is 0 Å². The van der Waals surface area contributed by atoms with E-state index in [0.717, 1.165) is 36.9 Å². The number of nitrogens with zero attached hydrogens (tertiary/aromatic N) is 1. The second-order valence-electron chi connectivity index (χ2n) is 5.45. The molecule has 2 aromatic rings. The van der Waals surface area contributed by atoms with Crippen LogP contribution in [0.3, 0.4) is 0 Å². The lowest BCUT2D eigenvalue weighted by Crippen LogP contribution is -2.28. The summed E-state index contributed by atoms with van der Waals surface area (Å²) in [7, 11) is 0. The molecule has 1 saturated heterocycles. The molecular formula is C17H18ClNO. The van der Waals surface area contributed by atoms with Crippen molar-refractivity contribution in [3.8, 4) is 0 Å². The molecule has 1 aliphatic heterocycles.